The molecule has 0 unspecified atom stereocenters. The number of nitrogens with zero attached hydrogens (tertiary/aromatic N) is 2. The van der Waals surface area contributed by atoms with Crippen LogP contribution in [0.5, 0.6) is 0 Å². The molecule has 0 aliphatic rings. The number of methoxy groups -OCH3 is 1. The number of halogens is 1. The minimum atomic E-state index is -0.143. The highest BCUT2D eigenvalue weighted by Crippen LogP contribution is 2.11. The van der Waals surface area contributed by atoms with E-state index in [-0.39, 0.29) is 12.0 Å². The van der Waals surface area contributed by atoms with Gasteiger partial charge in [0.05, 0.1) is 0 Å². The molecule has 0 aromatic carbocycles. The van der Waals surface area contributed by atoms with Crippen LogP contribution in [0.2, 0.25) is 0 Å². The van der Waals surface area contributed by atoms with Crippen molar-refractivity contribution in [1.82, 2.24) is 10.1 Å². The fourth-order valence-electron chi connectivity index (χ4n) is 0.593. The third-order valence-corrected chi connectivity index (χ3v) is 1.54. The van der Waals surface area contributed by atoms with Gasteiger partial charge in [-0.05, 0) is 6.92 Å². The molecule has 1 rings (SSSR count). The van der Waals surface area contributed by atoms with Crippen molar-refractivity contribution in [2.24, 2.45) is 0 Å². The summed E-state index contributed by atoms with van der Waals surface area (Å²) in [6.45, 7) is 1.84. The van der Waals surface area contributed by atoms with Crippen molar-refractivity contribution in [3.8, 4) is 0 Å². The van der Waals surface area contributed by atoms with Gasteiger partial charge < -0.3 is 9.26 Å². The molecule has 0 spiro atoms. The first-order chi connectivity index (χ1) is 5.27. The third kappa shape index (κ3) is 1.91. The van der Waals surface area contributed by atoms with Gasteiger partial charge in [-0.1, -0.05) is 5.16 Å². The average molecular weight is 177 g/mol. The van der Waals surface area contributed by atoms with Gasteiger partial charge >= 0.3 is 0 Å². The topological polar surface area (TPSA) is 48.2 Å². The number of alkyl halides is 1. The van der Waals surface area contributed by atoms with Crippen LogP contribution in [0.25, 0.3) is 0 Å². The second-order valence-corrected chi connectivity index (χ2v) is 2.33. The lowest BCUT2D eigenvalue weighted by atomic mass is 10.4. The molecule has 0 saturated carbocycles. The molecule has 62 valence electrons. The third-order valence-electron chi connectivity index (χ3n) is 1.32. The molecule has 4 nitrogen and oxygen atoms in total. The van der Waals surface area contributed by atoms with E-state index in [0.717, 1.165) is 0 Å². The maximum absolute atomic E-state index is 5.45. The molecule has 0 aliphatic heterocycles. The van der Waals surface area contributed by atoms with Crippen LogP contribution in [-0.2, 0) is 10.6 Å². The zero-order chi connectivity index (χ0) is 8.27. The molecule has 0 saturated heterocycles. The summed E-state index contributed by atoms with van der Waals surface area (Å²) in [6, 6.07) is 0. The Kier molecular flexibility index (Phi) is 2.84. The van der Waals surface area contributed by atoms with E-state index in [0.29, 0.717) is 11.7 Å². The van der Waals surface area contributed by atoms with Gasteiger partial charge in [0.15, 0.2) is 5.82 Å². The van der Waals surface area contributed by atoms with Crippen molar-refractivity contribution in [2.75, 3.05) is 7.11 Å². The molecule has 1 atom stereocenters. The van der Waals surface area contributed by atoms with Crippen LogP contribution < -0.4 is 0 Å². The average Bonchev–Trinajstić information content (AvgIpc) is 2.50. The normalized spacial score (nSPS) is 13.4. The van der Waals surface area contributed by atoms with Crippen LogP contribution in [0.15, 0.2) is 4.52 Å². The van der Waals surface area contributed by atoms with Crippen LogP contribution in [0, 0.1) is 0 Å². The van der Waals surface area contributed by atoms with E-state index in [4.69, 9.17) is 20.9 Å². The van der Waals surface area contributed by atoms with Gasteiger partial charge in [-0.2, -0.15) is 4.98 Å². The Morgan fingerprint density at radius 1 is 1.73 bits per heavy atom. The summed E-state index contributed by atoms with van der Waals surface area (Å²) in [4.78, 5) is 3.96. The van der Waals surface area contributed by atoms with Crippen molar-refractivity contribution in [3.63, 3.8) is 0 Å². The Morgan fingerprint density at radius 2 is 2.45 bits per heavy atom. The van der Waals surface area contributed by atoms with Crippen LogP contribution in [0.4, 0.5) is 0 Å². The van der Waals surface area contributed by atoms with E-state index in [1.165, 1.54) is 0 Å². The van der Waals surface area contributed by atoms with E-state index in [2.05, 4.69) is 10.1 Å². The monoisotopic (exact) mass is 176 g/mol. The number of ether oxygens (including phenoxy) is 1. The zero-order valence-corrected chi connectivity index (χ0v) is 7.13. The van der Waals surface area contributed by atoms with Crippen molar-refractivity contribution in [3.05, 3.63) is 11.7 Å². The van der Waals surface area contributed by atoms with Gasteiger partial charge in [0.25, 0.3) is 0 Å². The molecular formula is C6H9ClN2O2. The summed E-state index contributed by atoms with van der Waals surface area (Å²) in [5.41, 5.74) is 0. The molecule has 11 heavy (non-hydrogen) atoms. The van der Waals surface area contributed by atoms with E-state index in [9.17, 15) is 0 Å². The van der Waals surface area contributed by atoms with E-state index < -0.39 is 0 Å². The second-order valence-electron chi connectivity index (χ2n) is 2.06. The molecule has 1 aromatic heterocycles. The first kappa shape index (κ1) is 8.49. The fourth-order valence-corrected chi connectivity index (χ4v) is 0.701. The van der Waals surface area contributed by atoms with Crippen LogP contribution in [0.3, 0.4) is 0 Å². The molecule has 0 amide bonds. The molecule has 5 heteroatoms. The Hall–Kier alpha value is -0.610. The highest BCUT2D eigenvalue weighted by atomic mass is 35.5. The smallest absolute Gasteiger partial charge is 0.241 e. The van der Waals surface area contributed by atoms with E-state index in [1.807, 2.05) is 6.92 Å². The zero-order valence-electron chi connectivity index (χ0n) is 6.37. The Morgan fingerprint density at radius 3 is 2.91 bits per heavy atom. The summed E-state index contributed by atoms with van der Waals surface area (Å²) in [5, 5.41) is 3.66. The molecule has 1 heterocycles. The van der Waals surface area contributed by atoms with Crippen molar-refractivity contribution < 1.29 is 9.26 Å². The first-order valence-electron chi connectivity index (χ1n) is 3.19. The number of hydrogen-bond donors (Lipinski definition) is 0. The Balaban J connectivity index is 2.71. The van der Waals surface area contributed by atoms with Crippen LogP contribution in [0.1, 0.15) is 24.7 Å². The largest absolute Gasteiger partial charge is 0.374 e. The van der Waals surface area contributed by atoms with Crippen LogP contribution >= 0.6 is 11.6 Å². The highest BCUT2D eigenvalue weighted by Gasteiger charge is 2.11. The fraction of sp³-hybridized carbons (Fsp3) is 0.667. The Labute approximate surface area is 69.5 Å². The molecular weight excluding hydrogens is 168 g/mol. The van der Waals surface area contributed by atoms with Gasteiger partial charge in [-0.3, -0.25) is 0 Å². The molecule has 0 bridgehead atoms. The summed E-state index contributed by atoms with van der Waals surface area (Å²) < 4.78 is 9.73. The Bertz CT molecular complexity index is 226. The molecule has 0 fully saturated rings. The summed E-state index contributed by atoms with van der Waals surface area (Å²) in [5.74, 6) is 1.19. The number of aromatic nitrogens is 2. The number of rotatable bonds is 3. The first-order valence-corrected chi connectivity index (χ1v) is 3.72. The minimum absolute atomic E-state index is 0.143. The van der Waals surface area contributed by atoms with Crippen LogP contribution in [-0.4, -0.2) is 17.3 Å². The van der Waals surface area contributed by atoms with Gasteiger partial charge in [0.1, 0.15) is 12.0 Å². The maximum Gasteiger partial charge on any atom is 0.241 e. The van der Waals surface area contributed by atoms with Gasteiger partial charge in [-0.15, -0.1) is 11.6 Å². The lowest BCUT2D eigenvalue weighted by Crippen LogP contribution is -1.97. The SMILES string of the molecule is CO[C@H](C)c1noc(CCl)n1. The lowest BCUT2D eigenvalue weighted by molar-refractivity contribution is 0.109. The molecule has 0 N–H and O–H groups in total. The van der Waals surface area contributed by atoms with E-state index in [1.54, 1.807) is 7.11 Å². The maximum atomic E-state index is 5.45. The number of hydrogen-bond acceptors (Lipinski definition) is 4. The molecule has 1 aromatic rings. The lowest BCUT2D eigenvalue weighted by Gasteiger charge is -2.00. The second kappa shape index (κ2) is 3.69. The van der Waals surface area contributed by atoms with Crippen molar-refractivity contribution in [2.45, 2.75) is 18.9 Å². The van der Waals surface area contributed by atoms with Gasteiger partial charge in [0, 0.05) is 7.11 Å². The standard InChI is InChI=1S/C6H9ClN2O2/c1-4(10-2)6-8-5(3-7)11-9-6/h4H,3H2,1-2H3/t4-/m1/s1. The summed E-state index contributed by atoms with van der Waals surface area (Å²) in [7, 11) is 1.58. The van der Waals surface area contributed by atoms with Crippen molar-refractivity contribution in [1.29, 1.82) is 0 Å². The van der Waals surface area contributed by atoms with Gasteiger partial charge in [0.2, 0.25) is 5.89 Å². The van der Waals surface area contributed by atoms with Gasteiger partial charge in [-0.25, -0.2) is 0 Å². The quantitative estimate of drug-likeness (QED) is 0.656. The predicted octanol–water partition coefficient (Wildman–Crippen LogP) is 1.52. The summed E-state index contributed by atoms with van der Waals surface area (Å²) in [6.07, 6.45) is -0.143. The molecule has 0 aliphatic carbocycles. The van der Waals surface area contributed by atoms with E-state index >= 15 is 0 Å². The van der Waals surface area contributed by atoms with Crippen molar-refractivity contribution >= 4 is 11.6 Å². The minimum Gasteiger partial charge on any atom is -0.374 e. The predicted molar refractivity (Wildman–Crippen MR) is 39.3 cm³/mol. The molecule has 0 radical (unpaired) electrons. The highest BCUT2D eigenvalue weighted by molar-refractivity contribution is 6.16. The summed E-state index contributed by atoms with van der Waals surface area (Å²) >= 11 is 5.45.